The molecule has 3 heterocycles. The SMILES string of the molecule is CC(C)(C)OC(=O)N1CCc2sc(C(=O)NCC(Oc3cccnc3)c3c[c]c(O[O])cc3)cc2C1. The van der Waals surface area contributed by atoms with Crippen LogP contribution in [0, 0.1) is 6.07 Å². The van der Waals surface area contributed by atoms with E-state index < -0.39 is 11.7 Å². The first-order valence-electron chi connectivity index (χ1n) is 11.5. The number of carbonyl (C=O) groups is 2. The minimum atomic E-state index is -0.564. The van der Waals surface area contributed by atoms with Crippen LogP contribution >= 0.6 is 11.3 Å². The van der Waals surface area contributed by atoms with Gasteiger partial charge in [0, 0.05) is 28.9 Å². The van der Waals surface area contributed by atoms with Crippen molar-refractivity contribution in [2.45, 2.75) is 45.4 Å². The van der Waals surface area contributed by atoms with Gasteiger partial charge in [-0.25, -0.2) is 4.79 Å². The molecule has 1 atom stereocenters. The minimum absolute atomic E-state index is 0.0625. The van der Waals surface area contributed by atoms with Crippen LogP contribution in [0.3, 0.4) is 0 Å². The maximum Gasteiger partial charge on any atom is 0.410 e. The van der Waals surface area contributed by atoms with Gasteiger partial charge in [0.05, 0.1) is 24.2 Å². The second-order valence-corrected chi connectivity index (χ2v) is 10.4. The number of rotatable bonds is 7. The van der Waals surface area contributed by atoms with Crippen molar-refractivity contribution < 1.29 is 29.2 Å². The lowest BCUT2D eigenvalue weighted by Gasteiger charge is -2.29. The average molecular weight is 510 g/mol. The molecule has 1 N–H and O–H groups in total. The van der Waals surface area contributed by atoms with Gasteiger partial charge in [0.15, 0.2) is 5.75 Å². The van der Waals surface area contributed by atoms with Crippen molar-refractivity contribution in [3.8, 4) is 11.5 Å². The molecule has 0 bridgehead atoms. The van der Waals surface area contributed by atoms with Gasteiger partial charge >= 0.3 is 6.09 Å². The quantitative estimate of drug-likeness (QED) is 0.371. The van der Waals surface area contributed by atoms with Crippen LogP contribution in [0.25, 0.3) is 0 Å². The van der Waals surface area contributed by atoms with E-state index in [1.807, 2.05) is 26.8 Å². The number of benzene rings is 1. The first kappa shape index (κ1) is 25.5. The van der Waals surface area contributed by atoms with E-state index in [4.69, 9.17) is 9.47 Å². The van der Waals surface area contributed by atoms with Gasteiger partial charge in [0.25, 0.3) is 5.91 Å². The third-order valence-electron chi connectivity index (χ3n) is 5.37. The molecule has 0 fully saturated rings. The fraction of sp³-hybridized carbons (Fsp3) is 0.346. The molecule has 1 aromatic carbocycles. The molecule has 3 aromatic rings. The Morgan fingerprint density at radius 1 is 1.28 bits per heavy atom. The van der Waals surface area contributed by atoms with Crippen LogP contribution in [0.4, 0.5) is 4.79 Å². The highest BCUT2D eigenvalue weighted by Crippen LogP contribution is 2.29. The number of pyridine rings is 1. The van der Waals surface area contributed by atoms with E-state index >= 15 is 0 Å². The van der Waals surface area contributed by atoms with E-state index in [-0.39, 0.29) is 24.3 Å². The highest BCUT2D eigenvalue weighted by Gasteiger charge is 2.28. The molecule has 36 heavy (non-hydrogen) atoms. The predicted octanol–water partition coefficient (Wildman–Crippen LogP) is 4.51. The van der Waals surface area contributed by atoms with Crippen molar-refractivity contribution in [3.63, 3.8) is 0 Å². The normalized spacial score (nSPS) is 13.9. The first-order valence-corrected chi connectivity index (χ1v) is 12.3. The van der Waals surface area contributed by atoms with Crippen molar-refractivity contribution >= 4 is 23.3 Å². The van der Waals surface area contributed by atoms with Crippen LogP contribution < -0.4 is 14.9 Å². The van der Waals surface area contributed by atoms with Crippen LogP contribution in [0.5, 0.6) is 11.5 Å². The fourth-order valence-electron chi connectivity index (χ4n) is 3.68. The van der Waals surface area contributed by atoms with Crippen LogP contribution in [-0.2, 0) is 23.0 Å². The Kier molecular flexibility index (Phi) is 7.76. The van der Waals surface area contributed by atoms with Gasteiger partial charge in [-0.15, -0.1) is 11.3 Å². The van der Waals surface area contributed by atoms with E-state index in [1.54, 1.807) is 41.6 Å². The minimum Gasteiger partial charge on any atom is -0.482 e. The molecule has 188 valence electrons. The maximum absolute atomic E-state index is 13.0. The highest BCUT2D eigenvalue weighted by molar-refractivity contribution is 7.14. The van der Waals surface area contributed by atoms with Gasteiger partial charge in [0.1, 0.15) is 17.5 Å². The Morgan fingerprint density at radius 2 is 2.11 bits per heavy atom. The van der Waals surface area contributed by atoms with Crippen molar-refractivity contribution in [1.82, 2.24) is 15.2 Å². The van der Waals surface area contributed by atoms with Crippen molar-refractivity contribution in [1.29, 1.82) is 0 Å². The number of aromatic nitrogens is 1. The molecule has 0 saturated carbocycles. The van der Waals surface area contributed by atoms with Gasteiger partial charge < -0.3 is 24.6 Å². The zero-order valence-electron chi connectivity index (χ0n) is 20.3. The predicted molar refractivity (Wildman–Crippen MR) is 131 cm³/mol. The molecule has 1 unspecified atom stereocenters. The van der Waals surface area contributed by atoms with Crippen molar-refractivity contribution in [2.24, 2.45) is 0 Å². The molecule has 0 aliphatic carbocycles. The number of nitrogens with zero attached hydrogens (tertiary/aromatic N) is 2. The molecular weight excluding hydrogens is 482 g/mol. The van der Waals surface area contributed by atoms with Gasteiger partial charge in [0.2, 0.25) is 0 Å². The molecule has 9 nitrogen and oxygen atoms in total. The van der Waals surface area contributed by atoms with Crippen LogP contribution in [0.1, 0.15) is 52.6 Å². The van der Waals surface area contributed by atoms with Gasteiger partial charge in [-0.2, -0.15) is 0 Å². The number of amides is 2. The zero-order chi connectivity index (χ0) is 25.7. The Labute approximate surface area is 213 Å². The van der Waals surface area contributed by atoms with Gasteiger partial charge in [-0.3, -0.25) is 9.78 Å². The lowest BCUT2D eigenvalue weighted by molar-refractivity contribution is -0.208. The fourth-order valence-corrected chi connectivity index (χ4v) is 4.76. The summed E-state index contributed by atoms with van der Waals surface area (Å²) >= 11 is 1.43. The number of fused-ring (bicyclic) bond motifs is 1. The number of thiophene rings is 1. The summed E-state index contributed by atoms with van der Waals surface area (Å²) in [6.07, 6.45) is 2.99. The van der Waals surface area contributed by atoms with Gasteiger partial charge in [-0.1, -0.05) is 6.07 Å². The summed E-state index contributed by atoms with van der Waals surface area (Å²) in [5.74, 6) is 0.365. The molecular formula is C26H27N3O6S. The molecule has 2 aromatic heterocycles. The monoisotopic (exact) mass is 509 g/mol. The lowest BCUT2D eigenvalue weighted by atomic mass is 10.1. The summed E-state index contributed by atoms with van der Waals surface area (Å²) in [7, 11) is 0. The third-order valence-corrected chi connectivity index (χ3v) is 6.61. The molecule has 1 aliphatic rings. The zero-order valence-corrected chi connectivity index (χ0v) is 21.1. The highest BCUT2D eigenvalue weighted by atomic mass is 32.1. The molecule has 0 saturated heterocycles. The number of carbonyl (C=O) groups excluding carboxylic acids is 2. The molecule has 2 radical (unpaired) electrons. The summed E-state index contributed by atoms with van der Waals surface area (Å²) in [6.45, 7) is 6.63. The number of ether oxygens (including phenoxy) is 2. The smallest absolute Gasteiger partial charge is 0.410 e. The van der Waals surface area contributed by atoms with Crippen LogP contribution in [0.15, 0.2) is 48.8 Å². The second-order valence-electron chi connectivity index (χ2n) is 9.29. The van der Waals surface area contributed by atoms with E-state index in [0.717, 1.165) is 10.4 Å². The summed E-state index contributed by atoms with van der Waals surface area (Å²) in [6, 6.07) is 12.9. The Hall–Kier alpha value is -3.63. The van der Waals surface area contributed by atoms with Gasteiger partial charge in [-0.05, 0) is 68.7 Å². The number of hydrogen-bond acceptors (Lipinski definition) is 7. The second kappa shape index (κ2) is 11.0. The number of nitrogens with one attached hydrogen (secondary N) is 1. The topological polar surface area (TPSA) is 110 Å². The largest absolute Gasteiger partial charge is 0.482 e. The Balaban J connectivity index is 1.43. The van der Waals surface area contributed by atoms with E-state index in [2.05, 4.69) is 21.3 Å². The standard InChI is InChI=1S/C26H27N3O6S/c1-26(2,3)34-25(31)29-12-10-22-18(16-29)13-23(36-22)24(30)28-15-21(33-20-5-4-11-27-14-20)17-6-8-19(35-32)9-7-17/h4-8,11,13-14,21H,10,12,15-16H2,1-3H3,(H,28,30). The summed E-state index contributed by atoms with van der Waals surface area (Å²) in [4.78, 5) is 36.8. The van der Waals surface area contributed by atoms with E-state index in [0.29, 0.717) is 35.7 Å². The summed E-state index contributed by atoms with van der Waals surface area (Å²) < 4.78 is 11.5. The average Bonchev–Trinajstić information content (AvgIpc) is 3.30. The molecule has 0 spiro atoms. The lowest BCUT2D eigenvalue weighted by Crippen LogP contribution is -2.39. The maximum atomic E-state index is 13.0. The van der Waals surface area contributed by atoms with Crippen LogP contribution in [0.2, 0.25) is 0 Å². The van der Waals surface area contributed by atoms with Crippen molar-refractivity contribution in [2.75, 3.05) is 13.1 Å². The summed E-state index contributed by atoms with van der Waals surface area (Å²) in [5, 5.41) is 13.6. The summed E-state index contributed by atoms with van der Waals surface area (Å²) in [5.41, 5.74) is 1.10. The molecule has 2 amide bonds. The Morgan fingerprint density at radius 3 is 2.78 bits per heavy atom. The molecule has 10 heteroatoms. The first-order chi connectivity index (χ1) is 17.2. The van der Waals surface area contributed by atoms with E-state index in [9.17, 15) is 14.8 Å². The third kappa shape index (κ3) is 6.52. The Bertz CT molecular complexity index is 1190. The molecule has 1 aliphatic heterocycles. The molecule has 4 rings (SSSR count). The van der Waals surface area contributed by atoms with E-state index in [1.165, 1.54) is 17.4 Å². The van der Waals surface area contributed by atoms with Crippen LogP contribution in [-0.4, -0.2) is 40.6 Å². The van der Waals surface area contributed by atoms with Crippen molar-refractivity contribution in [3.05, 3.63) is 75.7 Å². The number of hydrogen-bond donors (Lipinski definition) is 1.